The summed E-state index contributed by atoms with van der Waals surface area (Å²) < 4.78 is 31.6. The zero-order valence-corrected chi connectivity index (χ0v) is 24.3. The van der Waals surface area contributed by atoms with Crippen LogP contribution in [0.2, 0.25) is 0 Å². The number of aliphatic hydroxyl groups is 1. The molecule has 0 bridgehead atoms. The Morgan fingerprint density at radius 1 is 0.476 bits per heavy atom. The van der Waals surface area contributed by atoms with E-state index in [0.29, 0.717) is 26.4 Å². The van der Waals surface area contributed by atoms with E-state index in [2.05, 4.69) is 0 Å². The van der Waals surface area contributed by atoms with Crippen LogP contribution >= 0.6 is 0 Å². The van der Waals surface area contributed by atoms with Gasteiger partial charge in [0.25, 0.3) is 0 Å². The fraction of sp³-hybridized carbons (Fsp3) is 0.333. The molecule has 0 spiro atoms. The van der Waals surface area contributed by atoms with Crippen molar-refractivity contribution in [1.29, 1.82) is 0 Å². The van der Waals surface area contributed by atoms with Crippen molar-refractivity contribution in [2.45, 2.75) is 63.9 Å². The standard InChI is InChI=1S/C36H40O6/c1-26-32(37)34(40-23-28-14-8-4-9-15-28)36(42-24-29-16-10-5-11-17-29)35(33(26)39-22-27-12-6-3-7-13-27)41-25-30-18-20-31(38-2)21-19-30/h3-21,26,32-37H,22-25H2,1-2H3/t26-,32?,33?,34+,35?,36+/m0/s1. The Balaban J connectivity index is 1.42. The van der Waals surface area contributed by atoms with Gasteiger partial charge in [-0.2, -0.15) is 0 Å². The molecule has 1 aliphatic rings. The van der Waals surface area contributed by atoms with Gasteiger partial charge in [0.1, 0.15) is 24.1 Å². The van der Waals surface area contributed by atoms with Crippen molar-refractivity contribution in [3.63, 3.8) is 0 Å². The van der Waals surface area contributed by atoms with Gasteiger partial charge in [-0.3, -0.25) is 0 Å². The molecule has 0 aromatic heterocycles. The first-order chi connectivity index (χ1) is 20.6. The maximum atomic E-state index is 11.7. The zero-order chi connectivity index (χ0) is 29.1. The smallest absolute Gasteiger partial charge is 0.118 e. The van der Waals surface area contributed by atoms with E-state index < -0.39 is 30.5 Å². The number of aliphatic hydroxyl groups excluding tert-OH is 1. The normalized spacial score (nSPS) is 23.9. The maximum absolute atomic E-state index is 11.7. The van der Waals surface area contributed by atoms with E-state index in [1.807, 2.05) is 122 Å². The minimum absolute atomic E-state index is 0.271. The van der Waals surface area contributed by atoms with Gasteiger partial charge in [0, 0.05) is 5.92 Å². The highest BCUT2D eigenvalue weighted by atomic mass is 16.6. The van der Waals surface area contributed by atoms with Crippen LogP contribution in [0.3, 0.4) is 0 Å². The summed E-state index contributed by atoms with van der Waals surface area (Å²) in [4.78, 5) is 0. The van der Waals surface area contributed by atoms with Crippen LogP contribution in [0, 0.1) is 5.92 Å². The molecule has 4 aromatic carbocycles. The molecule has 0 saturated heterocycles. The van der Waals surface area contributed by atoms with Crippen molar-refractivity contribution in [2.75, 3.05) is 7.11 Å². The first-order valence-electron chi connectivity index (χ1n) is 14.5. The lowest BCUT2D eigenvalue weighted by Crippen LogP contribution is -2.63. The number of benzene rings is 4. The summed E-state index contributed by atoms with van der Waals surface area (Å²) in [7, 11) is 1.65. The van der Waals surface area contributed by atoms with Gasteiger partial charge in [0.05, 0.1) is 45.7 Å². The van der Waals surface area contributed by atoms with Gasteiger partial charge in [0.15, 0.2) is 0 Å². The van der Waals surface area contributed by atoms with Crippen molar-refractivity contribution in [3.05, 3.63) is 138 Å². The predicted octanol–water partition coefficient (Wildman–Crippen LogP) is 6.35. The molecule has 1 fully saturated rings. The third-order valence-corrected chi connectivity index (χ3v) is 7.82. The highest BCUT2D eigenvalue weighted by molar-refractivity contribution is 5.26. The van der Waals surface area contributed by atoms with E-state index in [-0.39, 0.29) is 5.92 Å². The number of ether oxygens (including phenoxy) is 5. The highest BCUT2D eigenvalue weighted by Crippen LogP contribution is 2.36. The lowest BCUT2D eigenvalue weighted by atomic mass is 9.78. The van der Waals surface area contributed by atoms with Gasteiger partial charge in [-0.25, -0.2) is 0 Å². The molecule has 3 unspecified atom stereocenters. The van der Waals surface area contributed by atoms with Crippen LogP contribution in [0.15, 0.2) is 115 Å². The summed E-state index contributed by atoms with van der Waals surface area (Å²) in [6.45, 7) is 3.44. The summed E-state index contributed by atoms with van der Waals surface area (Å²) in [5, 5.41) is 11.7. The van der Waals surface area contributed by atoms with Crippen LogP contribution in [-0.2, 0) is 45.4 Å². The Bertz CT molecular complexity index is 1320. The first kappa shape index (κ1) is 30.0. The molecule has 220 valence electrons. The second kappa shape index (κ2) is 15.1. The van der Waals surface area contributed by atoms with Gasteiger partial charge < -0.3 is 28.8 Å². The largest absolute Gasteiger partial charge is 0.497 e. The summed E-state index contributed by atoms with van der Waals surface area (Å²) in [6.07, 6.45) is -2.97. The van der Waals surface area contributed by atoms with E-state index in [9.17, 15) is 5.11 Å². The first-order valence-corrected chi connectivity index (χ1v) is 14.5. The highest BCUT2D eigenvalue weighted by Gasteiger charge is 2.51. The molecule has 0 aliphatic heterocycles. The fourth-order valence-corrected chi connectivity index (χ4v) is 5.39. The molecule has 1 N–H and O–H groups in total. The van der Waals surface area contributed by atoms with E-state index in [1.165, 1.54) is 0 Å². The molecular formula is C36H40O6. The van der Waals surface area contributed by atoms with Crippen LogP contribution in [-0.4, -0.2) is 42.7 Å². The third kappa shape index (κ3) is 7.85. The Morgan fingerprint density at radius 3 is 1.26 bits per heavy atom. The fourth-order valence-electron chi connectivity index (χ4n) is 5.39. The minimum atomic E-state index is -0.823. The van der Waals surface area contributed by atoms with Crippen LogP contribution < -0.4 is 4.74 Å². The van der Waals surface area contributed by atoms with Crippen molar-refractivity contribution >= 4 is 0 Å². The number of rotatable bonds is 13. The van der Waals surface area contributed by atoms with Crippen LogP contribution in [0.1, 0.15) is 29.2 Å². The van der Waals surface area contributed by atoms with Gasteiger partial charge >= 0.3 is 0 Å². The summed E-state index contributed by atoms with van der Waals surface area (Å²) in [6, 6.07) is 37.8. The average molecular weight is 569 g/mol. The monoisotopic (exact) mass is 568 g/mol. The molecule has 1 aliphatic carbocycles. The van der Waals surface area contributed by atoms with Gasteiger partial charge in [-0.05, 0) is 34.4 Å². The van der Waals surface area contributed by atoms with E-state index in [1.54, 1.807) is 7.11 Å². The second-order valence-electron chi connectivity index (χ2n) is 10.8. The Morgan fingerprint density at radius 2 is 0.833 bits per heavy atom. The second-order valence-corrected chi connectivity index (χ2v) is 10.8. The van der Waals surface area contributed by atoms with E-state index >= 15 is 0 Å². The van der Waals surface area contributed by atoms with Crippen molar-refractivity contribution < 1.29 is 28.8 Å². The maximum Gasteiger partial charge on any atom is 0.118 e. The third-order valence-electron chi connectivity index (χ3n) is 7.82. The number of hydrogen-bond acceptors (Lipinski definition) is 6. The van der Waals surface area contributed by atoms with E-state index in [0.717, 1.165) is 28.0 Å². The van der Waals surface area contributed by atoms with Crippen molar-refractivity contribution in [3.8, 4) is 5.75 Å². The minimum Gasteiger partial charge on any atom is -0.497 e. The van der Waals surface area contributed by atoms with E-state index in [4.69, 9.17) is 23.7 Å². The van der Waals surface area contributed by atoms with Crippen molar-refractivity contribution in [2.24, 2.45) is 5.92 Å². The molecule has 6 nitrogen and oxygen atoms in total. The predicted molar refractivity (Wildman–Crippen MR) is 162 cm³/mol. The lowest BCUT2D eigenvalue weighted by molar-refractivity contribution is -0.258. The Labute approximate surface area is 248 Å². The molecule has 4 aromatic rings. The van der Waals surface area contributed by atoms with Gasteiger partial charge in [-0.1, -0.05) is 110 Å². The van der Waals surface area contributed by atoms with Crippen LogP contribution in [0.25, 0.3) is 0 Å². The quantitative estimate of drug-likeness (QED) is 0.203. The van der Waals surface area contributed by atoms with Crippen LogP contribution in [0.5, 0.6) is 5.75 Å². The molecular weight excluding hydrogens is 528 g/mol. The molecule has 5 rings (SSSR count). The number of hydrogen-bond donors (Lipinski definition) is 1. The summed E-state index contributed by atoms with van der Waals surface area (Å²) >= 11 is 0. The molecule has 0 heterocycles. The average Bonchev–Trinajstić information content (AvgIpc) is 3.05. The Kier molecular flexibility index (Phi) is 10.8. The Hall–Kier alpha value is -3.52. The SMILES string of the molecule is COc1ccc(COC2C(OCc3ccccc3)[C@@H](C)C(O)[C@@H](OCc3ccccc3)[C@H]2OCc2ccccc2)cc1. The molecule has 0 amide bonds. The van der Waals surface area contributed by atoms with Gasteiger partial charge in [0.2, 0.25) is 0 Å². The van der Waals surface area contributed by atoms with Crippen molar-refractivity contribution in [1.82, 2.24) is 0 Å². The molecule has 1 saturated carbocycles. The summed E-state index contributed by atoms with van der Waals surface area (Å²) in [5.41, 5.74) is 4.11. The molecule has 6 atom stereocenters. The lowest BCUT2D eigenvalue weighted by Gasteiger charge is -2.48. The number of methoxy groups -OCH3 is 1. The molecule has 0 radical (unpaired) electrons. The topological polar surface area (TPSA) is 66.4 Å². The summed E-state index contributed by atoms with van der Waals surface area (Å²) in [5.74, 6) is 0.516. The van der Waals surface area contributed by atoms with Gasteiger partial charge in [-0.15, -0.1) is 0 Å². The zero-order valence-electron chi connectivity index (χ0n) is 24.3. The van der Waals surface area contributed by atoms with Crippen LogP contribution in [0.4, 0.5) is 0 Å². The molecule has 42 heavy (non-hydrogen) atoms. The molecule has 6 heteroatoms.